The molecular formula is C17H32O2. The molecule has 2 nitrogen and oxygen atoms in total. The highest BCUT2D eigenvalue weighted by atomic mass is 16.5. The number of rotatable bonds is 10. The van der Waals surface area contributed by atoms with Gasteiger partial charge in [-0.2, -0.15) is 0 Å². The van der Waals surface area contributed by atoms with Crippen molar-refractivity contribution >= 4 is 5.78 Å². The summed E-state index contributed by atoms with van der Waals surface area (Å²) in [7, 11) is 0. The zero-order valence-corrected chi connectivity index (χ0v) is 13.5. The van der Waals surface area contributed by atoms with Crippen LogP contribution in [0, 0.1) is 5.41 Å². The first-order chi connectivity index (χ1) is 8.81. The van der Waals surface area contributed by atoms with Gasteiger partial charge in [-0.25, -0.2) is 0 Å². The minimum Gasteiger partial charge on any atom is -0.371 e. The van der Waals surface area contributed by atoms with Crippen molar-refractivity contribution in [2.24, 2.45) is 5.41 Å². The zero-order valence-electron chi connectivity index (χ0n) is 13.5. The number of ether oxygens (including phenoxy) is 1. The molecule has 0 aliphatic rings. The average Bonchev–Trinajstić information content (AvgIpc) is 2.32. The second kappa shape index (κ2) is 9.30. The van der Waals surface area contributed by atoms with Crippen molar-refractivity contribution in [1.82, 2.24) is 0 Å². The summed E-state index contributed by atoms with van der Waals surface area (Å²) in [6.07, 6.45) is 8.20. The molecule has 0 aromatic heterocycles. The quantitative estimate of drug-likeness (QED) is 0.415. The first kappa shape index (κ1) is 18.4. The standard InChI is InChI=1S/C17H32O2/c1-7-9-10-11-12-15(19-14(3)8-2)13-16(18)17(4,5)6/h8,14-15H,2,7,9-13H2,1,3-6H3. The Hall–Kier alpha value is -0.630. The molecule has 0 aromatic rings. The van der Waals surface area contributed by atoms with E-state index in [1.54, 1.807) is 6.08 Å². The average molecular weight is 268 g/mol. The van der Waals surface area contributed by atoms with E-state index in [9.17, 15) is 4.79 Å². The molecule has 0 saturated heterocycles. The van der Waals surface area contributed by atoms with Crippen molar-refractivity contribution in [3.05, 3.63) is 12.7 Å². The smallest absolute Gasteiger partial charge is 0.140 e. The van der Waals surface area contributed by atoms with Crippen LogP contribution >= 0.6 is 0 Å². The molecule has 0 N–H and O–H groups in total. The Kier molecular flexibility index (Phi) is 8.99. The van der Waals surface area contributed by atoms with E-state index in [0.29, 0.717) is 6.42 Å². The first-order valence-corrected chi connectivity index (χ1v) is 7.62. The van der Waals surface area contributed by atoms with Gasteiger partial charge in [0.1, 0.15) is 5.78 Å². The third kappa shape index (κ3) is 8.99. The van der Waals surface area contributed by atoms with Crippen LogP contribution in [0.5, 0.6) is 0 Å². The molecule has 0 aromatic carbocycles. The van der Waals surface area contributed by atoms with Crippen LogP contribution in [0.3, 0.4) is 0 Å². The molecule has 0 aliphatic carbocycles. The molecule has 0 spiro atoms. The summed E-state index contributed by atoms with van der Waals surface area (Å²) >= 11 is 0. The molecule has 2 atom stereocenters. The van der Waals surface area contributed by atoms with Crippen molar-refractivity contribution in [2.45, 2.75) is 85.4 Å². The normalized spacial score (nSPS) is 15.0. The third-order valence-electron chi connectivity index (χ3n) is 3.37. The molecule has 0 heterocycles. The fraction of sp³-hybridized carbons (Fsp3) is 0.824. The predicted octanol–water partition coefficient (Wildman–Crippen LogP) is 4.92. The van der Waals surface area contributed by atoms with Gasteiger partial charge < -0.3 is 4.74 Å². The van der Waals surface area contributed by atoms with Gasteiger partial charge in [0.2, 0.25) is 0 Å². The molecule has 0 bridgehead atoms. The maximum atomic E-state index is 12.1. The second-order valence-corrected chi connectivity index (χ2v) is 6.43. The minimum absolute atomic E-state index is 0.0175. The lowest BCUT2D eigenvalue weighted by atomic mass is 9.87. The van der Waals surface area contributed by atoms with Crippen molar-refractivity contribution in [3.8, 4) is 0 Å². The van der Waals surface area contributed by atoms with Gasteiger partial charge in [-0.1, -0.05) is 59.5 Å². The van der Waals surface area contributed by atoms with Crippen molar-refractivity contribution in [1.29, 1.82) is 0 Å². The highest BCUT2D eigenvalue weighted by molar-refractivity contribution is 5.84. The SMILES string of the molecule is C=CC(C)OC(CCCCCC)CC(=O)C(C)(C)C. The van der Waals surface area contributed by atoms with Crippen LogP contribution in [0.1, 0.15) is 73.1 Å². The Morgan fingerprint density at radius 2 is 1.89 bits per heavy atom. The van der Waals surface area contributed by atoms with E-state index >= 15 is 0 Å². The summed E-state index contributed by atoms with van der Waals surface area (Å²) in [4.78, 5) is 12.1. The van der Waals surface area contributed by atoms with Gasteiger partial charge in [0.25, 0.3) is 0 Å². The van der Waals surface area contributed by atoms with Crippen LogP contribution in [-0.2, 0) is 9.53 Å². The first-order valence-electron chi connectivity index (χ1n) is 7.62. The van der Waals surface area contributed by atoms with E-state index in [1.165, 1.54) is 19.3 Å². The van der Waals surface area contributed by atoms with Crippen LogP contribution in [0.25, 0.3) is 0 Å². The molecular weight excluding hydrogens is 236 g/mol. The second-order valence-electron chi connectivity index (χ2n) is 6.43. The molecule has 0 amide bonds. The van der Waals surface area contributed by atoms with Crippen molar-refractivity contribution in [2.75, 3.05) is 0 Å². The maximum Gasteiger partial charge on any atom is 0.140 e. The molecule has 112 valence electrons. The van der Waals surface area contributed by atoms with E-state index < -0.39 is 0 Å². The van der Waals surface area contributed by atoms with Crippen LogP contribution in [0.2, 0.25) is 0 Å². The third-order valence-corrected chi connectivity index (χ3v) is 3.37. The van der Waals surface area contributed by atoms with Crippen LogP contribution in [-0.4, -0.2) is 18.0 Å². The van der Waals surface area contributed by atoms with E-state index in [0.717, 1.165) is 12.8 Å². The summed E-state index contributed by atoms with van der Waals surface area (Å²) in [5.74, 6) is 0.282. The number of Topliss-reactive ketones (excluding diaryl/α,β-unsaturated/α-hetero) is 1. The molecule has 2 heteroatoms. The molecule has 0 saturated carbocycles. The van der Waals surface area contributed by atoms with Crippen LogP contribution in [0.4, 0.5) is 0 Å². The van der Waals surface area contributed by atoms with E-state index in [-0.39, 0.29) is 23.4 Å². The summed E-state index contributed by atoms with van der Waals surface area (Å²) < 4.78 is 5.91. The van der Waals surface area contributed by atoms with E-state index in [1.807, 2.05) is 27.7 Å². The largest absolute Gasteiger partial charge is 0.371 e. The van der Waals surface area contributed by atoms with Crippen molar-refractivity contribution in [3.63, 3.8) is 0 Å². The fourth-order valence-electron chi connectivity index (χ4n) is 1.89. The van der Waals surface area contributed by atoms with Gasteiger partial charge in [0.15, 0.2) is 0 Å². The number of carbonyl (C=O) groups excluding carboxylic acids is 1. The van der Waals surface area contributed by atoms with Gasteiger partial charge in [0, 0.05) is 11.8 Å². The zero-order chi connectivity index (χ0) is 14.9. The lowest BCUT2D eigenvalue weighted by molar-refractivity contribution is -0.130. The lowest BCUT2D eigenvalue weighted by Gasteiger charge is -2.24. The van der Waals surface area contributed by atoms with Gasteiger partial charge >= 0.3 is 0 Å². The van der Waals surface area contributed by atoms with Gasteiger partial charge in [-0.05, 0) is 13.3 Å². The Morgan fingerprint density at radius 3 is 2.37 bits per heavy atom. The number of carbonyl (C=O) groups is 1. The molecule has 0 rings (SSSR count). The molecule has 0 aliphatic heterocycles. The lowest BCUT2D eigenvalue weighted by Crippen LogP contribution is -2.28. The van der Waals surface area contributed by atoms with Crippen molar-refractivity contribution < 1.29 is 9.53 Å². The number of hydrogen-bond acceptors (Lipinski definition) is 2. The Morgan fingerprint density at radius 1 is 1.26 bits per heavy atom. The van der Waals surface area contributed by atoms with Crippen LogP contribution in [0.15, 0.2) is 12.7 Å². The molecule has 19 heavy (non-hydrogen) atoms. The minimum atomic E-state index is -0.275. The van der Waals surface area contributed by atoms with Crippen LogP contribution < -0.4 is 0 Å². The number of unbranched alkanes of at least 4 members (excludes halogenated alkanes) is 3. The highest BCUT2D eigenvalue weighted by Crippen LogP contribution is 2.22. The topological polar surface area (TPSA) is 26.3 Å². The molecule has 2 unspecified atom stereocenters. The Bertz CT molecular complexity index is 263. The van der Waals surface area contributed by atoms with E-state index in [4.69, 9.17) is 4.74 Å². The summed E-state index contributed by atoms with van der Waals surface area (Å²) in [6, 6.07) is 0. The van der Waals surface area contributed by atoms with Gasteiger partial charge in [-0.3, -0.25) is 4.79 Å². The summed E-state index contributed by atoms with van der Waals surface area (Å²) in [5.41, 5.74) is -0.275. The van der Waals surface area contributed by atoms with Gasteiger partial charge in [-0.15, -0.1) is 6.58 Å². The number of hydrogen-bond donors (Lipinski definition) is 0. The summed E-state index contributed by atoms with van der Waals surface area (Å²) in [6.45, 7) is 13.8. The summed E-state index contributed by atoms with van der Waals surface area (Å²) in [5, 5.41) is 0. The molecule has 0 fully saturated rings. The Balaban J connectivity index is 4.32. The maximum absolute atomic E-state index is 12.1. The predicted molar refractivity (Wildman–Crippen MR) is 82.4 cm³/mol. The van der Waals surface area contributed by atoms with Gasteiger partial charge in [0.05, 0.1) is 12.2 Å². The highest BCUT2D eigenvalue weighted by Gasteiger charge is 2.25. The fourth-order valence-corrected chi connectivity index (χ4v) is 1.89. The molecule has 0 radical (unpaired) electrons. The van der Waals surface area contributed by atoms with E-state index in [2.05, 4.69) is 13.5 Å². The Labute approximate surface area is 119 Å². The monoisotopic (exact) mass is 268 g/mol. The number of ketones is 1.